The van der Waals surface area contributed by atoms with Gasteiger partial charge in [-0.3, -0.25) is 14.4 Å². The molecule has 1 aliphatic carbocycles. The number of likely N-dealkylation sites (tertiary alicyclic amines) is 1. The molecule has 3 amide bonds. The first kappa shape index (κ1) is 28.3. The van der Waals surface area contributed by atoms with Gasteiger partial charge in [0.15, 0.2) is 0 Å². The molecule has 9 atom stereocenters. The molecule has 4 aliphatic rings. The summed E-state index contributed by atoms with van der Waals surface area (Å²) in [6.07, 6.45) is 6.12. The lowest BCUT2D eigenvalue weighted by Gasteiger charge is -2.39. The van der Waals surface area contributed by atoms with Gasteiger partial charge >= 0.3 is 0 Å². The van der Waals surface area contributed by atoms with Crippen LogP contribution in [0, 0.1) is 23.7 Å². The number of nitrogens with one attached hydrogen (secondary N) is 2. The van der Waals surface area contributed by atoms with Crippen molar-refractivity contribution in [2.75, 3.05) is 5.32 Å². The van der Waals surface area contributed by atoms with E-state index < -0.39 is 35.6 Å². The Labute approximate surface area is 250 Å². The molecular formula is C32H35Cl2N3O4. The van der Waals surface area contributed by atoms with E-state index in [1.54, 1.807) is 23.1 Å². The SMILES string of the molecule is CC1CCCC(NC(=O)C2N(C(C)c3ccccc3)C(=O)[C@@H]3C(C(=O)Nc4cc(Cl)cc(Cl)c4)[C@@H]4C=CC23O4)C1C. The van der Waals surface area contributed by atoms with Crippen molar-refractivity contribution in [3.05, 3.63) is 76.3 Å². The summed E-state index contributed by atoms with van der Waals surface area (Å²) >= 11 is 12.3. The zero-order valence-electron chi connectivity index (χ0n) is 23.3. The Bertz CT molecular complexity index is 1380. The summed E-state index contributed by atoms with van der Waals surface area (Å²) in [4.78, 5) is 44.1. The molecule has 0 radical (unpaired) electrons. The van der Waals surface area contributed by atoms with Gasteiger partial charge in [-0.1, -0.05) is 92.4 Å². The average molecular weight is 597 g/mol. The Morgan fingerprint density at radius 2 is 1.76 bits per heavy atom. The molecule has 3 heterocycles. The number of hydrogen-bond donors (Lipinski definition) is 2. The minimum Gasteiger partial charge on any atom is -0.359 e. The summed E-state index contributed by atoms with van der Waals surface area (Å²) in [5.74, 6) is -1.72. The molecule has 2 saturated heterocycles. The topological polar surface area (TPSA) is 87.7 Å². The van der Waals surface area contributed by atoms with Crippen molar-refractivity contribution in [2.45, 2.75) is 69.9 Å². The van der Waals surface area contributed by atoms with E-state index in [4.69, 9.17) is 27.9 Å². The monoisotopic (exact) mass is 595 g/mol. The minimum absolute atomic E-state index is 0.0138. The van der Waals surface area contributed by atoms with Gasteiger partial charge in [0.25, 0.3) is 0 Å². The second-order valence-corrected chi connectivity index (χ2v) is 12.9. The first-order chi connectivity index (χ1) is 19.6. The van der Waals surface area contributed by atoms with Crippen LogP contribution in [0.25, 0.3) is 0 Å². The van der Waals surface area contributed by atoms with Crippen LogP contribution in [0.3, 0.4) is 0 Å². The molecule has 2 N–H and O–H groups in total. The number of hydrogen-bond acceptors (Lipinski definition) is 4. The van der Waals surface area contributed by atoms with Crippen LogP contribution in [-0.2, 0) is 19.1 Å². The van der Waals surface area contributed by atoms with Gasteiger partial charge in [0.1, 0.15) is 11.6 Å². The molecule has 2 aromatic carbocycles. The molecule has 2 aromatic rings. The Morgan fingerprint density at radius 1 is 1.05 bits per heavy atom. The van der Waals surface area contributed by atoms with Gasteiger partial charge in [0.2, 0.25) is 17.7 Å². The van der Waals surface area contributed by atoms with Crippen molar-refractivity contribution in [2.24, 2.45) is 23.7 Å². The van der Waals surface area contributed by atoms with Crippen LogP contribution < -0.4 is 10.6 Å². The van der Waals surface area contributed by atoms with E-state index in [1.807, 2.05) is 49.4 Å². The second-order valence-electron chi connectivity index (χ2n) is 12.1. The highest BCUT2D eigenvalue weighted by atomic mass is 35.5. The van der Waals surface area contributed by atoms with Crippen molar-refractivity contribution in [3.8, 4) is 0 Å². The predicted molar refractivity (Wildman–Crippen MR) is 158 cm³/mol. The molecule has 41 heavy (non-hydrogen) atoms. The summed E-state index contributed by atoms with van der Waals surface area (Å²) in [5.41, 5.74) is 0.0950. The summed E-state index contributed by atoms with van der Waals surface area (Å²) < 4.78 is 6.51. The van der Waals surface area contributed by atoms with Gasteiger partial charge in [-0.25, -0.2) is 0 Å². The van der Waals surface area contributed by atoms with Crippen LogP contribution in [0.2, 0.25) is 10.0 Å². The molecule has 1 saturated carbocycles. The zero-order valence-corrected chi connectivity index (χ0v) is 24.9. The molecule has 1 spiro atoms. The molecule has 216 valence electrons. The van der Waals surface area contributed by atoms with E-state index in [0.717, 1.165) is 24.8 Å². The summed E-state index contributed by atoms with van der Waals surface area (Å²) in [5, 5.41) is 6.96. The maximum Gasteiger partial charge on any atom is 0.246 e. The molecule has 6 rings (SSSR count). The smallest absolute Gasteiger partial charge is 0.246 e. The molecule has 3 fully saturated rings. The summed E-state index contributed by atoms with van der Waals surface area (Å²) in [6, 6.07) is 13.1. The molecule has 2 bridgehead atoms. The van der Waals surface area contributed by atoms with Gasteiger partial charge in [-0.15, -0.1) is 0 Å². The van der Waals surface area contributed by atoms with Crippen molar-refractivity contribution in [1.82, 2.24) is 10.2 Å². The molecule has 9 heteroatoms. The maximum absolute atomic E-state index is 14.4. The standard InChI is InChI=1S/C32H35Cl2N3O4/c1-17-8-7-11-24(18(17)2)36-30(39)28-32-13-12-25(41-32)26(29(38)35-23-15-21(33)14-22(34)16-23)27(32)31(40)37(28)19(3)20-9-5-4-6-10-20/h4-6,9-10,12-19,24-28H,7-8,11H2,1-3H3,(H,35,38)(H,36,39)/t17?,18?,19?,24?,25-,26?,27-,28?,32?/m0/s1. The second kappa shape index (κ2) is 10.8. The molecule has 7 unspecified atom stereocenters. The number of amides is 3. The van der Waals surface area contributed by atoms with E-state index in [1.165, 1.54) is 0 Å². The Hall–Kier alpha value is -2.87. The molecular weight excluding hydrogens is 561 g/mol. The van der Waals surface area contributed by atoms with Crippen LogP contribution in [0.4, 0.5) is 5.69 Å². The van der Waals surface area contributed by atoms with E-state index in [9.17, 15) is 14.4 Å². The lowest BCUT2D eigenvalue weighted by Crippen LogP contribution is -2.58. The van der Waals surface area contributed by atoms with Crippen molar-refractivity contribution in [1.29, 1.82) is 0 Å². The quantitative estimate of drug-likeness (QED) is 0.414. The summed E-state index contributed by atoms with van der Waals surface area (Å²) in [6.45, 7) is 6.33. The predicted octanol–water partition coefficient (Wildman–Crippen LogP) is 5.78. The number of fused-ring (bicyclic) bond motifs is 1. The fourth-order valence-electron chi connectivity index (χ4n) is 7.41. The first-order valence-electron chi connectivity index (χ1n) is 14.4. The lowest BCUT2D eigenvalue weighted by molar-refractivity contribution is -0.144. The molecule has 3 aliphatic heterocycles. The van der Waals surface area contributed by atoms with E-state index in [2.05, 4.69) is 24.5 Å². The number of halogens is 2. The largest absolute Gasteiger partial charge is 0.359 e. The first-order valence-corrected chi connectivity index (χ1v) is 15.2. The van der Waals surface area contributed by atoms with E-state index >= 15 is 0 Å². The molecule has 0 aromatic heterocycles. The third kappa shape index (κ3) is 4.76. The third-order valence-electron chi connectivity index (χ3n) is 9.73. The highest BCUT2D eigenvalue weighted by Crippen LogP contribution is 2.57. The van der Waals surface area contributed by atoms with Gasteiger partial charge < -0.3 is 20.3 Å². The highest BCUT2D eigenvalue weighted by molar-refractivity contribution is 6.35. The van der Waals surface area contributed by atoms with Crippen LogP contribution in [-0.4, -0.2) is 46.4 Å². The Balaban J connectivity index is 1.35. The fourth-order valence-corrected chi connectivity index (χ4v) is 7.94. The number of carbonyl (C=O) groups excluding carboxylic acids is 3. The van der Waals surface area contributed by atoms with Crippen molar-refractivity contribution >= 4 is 46.6 Å². The average Bonchev–Trinajstić information content (AvgIpc) is 3.58. The van der Waals surface area contributed by atoms with Crippen molar-refractivity contribution < 1.29 is 19.1 Å². The van der Waals surface area contributed by atoms with Gasteiger partial charge in [0, 0.05) is 21.8 Å². The van der Waals surface area contributed by atoms with Crippen LogP contribution >= 0.6 is 23.2 Å². The maximum atomic E-state index is 14.4. The number of carbonyl (C=O) groups is 3. The fraction of sp³-hybridized carbons (Fsp3) is 0.469. The molecule has 7 nitrogen and oxygen atoms in total. The van der Waals surface area contributed by atoms with E-state index in [-0.39, 0.29) is 23.8 Å². The van der Waals surface area contributed by atoms with E-state index in [0.29, 0.717) is 27.6 Å². The normalized spacial score (nSPS) is 34.4. The van der Waals surface area contributed by atoms with Crippen LogP contribution in [0.15, 0.2) is 60.7 Å². The number of benzene rings is 2. The number of anilines is 1. The number of ether oxygens (including phenoxy) is 1. The highest BCUT2D eigenvalue weighted by Gasteiger charge is 2.73. The zero-order chi connectivity index (χ0) is 29.1. The van der Waals surface area contributed by atoms with Gasteiger partial charge in [-0.2, -0.15) is 0 Å². The Morgan fingerprint density at radius 3 is 2.46 bits per heavy atom. The minimum atomic E-state index is -1.24. The third-order valence-corrected chi connectivity index (χ3v) is 10.2. The van der Waals surface area contributed by atoms with Crippen LogP contribution in [0.1, 0.15) is 51.6 Å². The van der Waals surface area contributed by atoms with Gasteiger partial charge in [0.05, 0.1) is 24.0 Å². The summed E-state index contributed by atoms with van der Waals surface area (Å²) in [7, 11) is 0. The number of rotatable bonds is 6. The van der Waals surface area contributed by atoms with Gasteiger partial charge in [-0.05, 0) is 48.9 Å². The van der Waals surface area contributed by atoms with Crippen molar-refractivity contribution in [3.63, 3.8) is 0 Å². The number of nitrogens with zero attached hydrogens (tertiary/aromatic N) is 1. The lowest BCUT2D eigenvalue weighted by atomic mass is 9.73. The Kier molecular flexibility index (Phi) is 7.41. The van der Waals surface area contributed by atoms with Crippen LogP contribution in [0.5, 0.6) is 0 Å².